The molecule has 184 valence electrons. The van der Waals surface area contributed by atoms with Crippen LogP contribution in [0.3, 0.4) is 0 Å². The van der Waals surface area contributed by atoms with Gasteiger partial charge in [-0.3, -0.25) is 14.4 Å². The second kappa shape index (κ2) is 8.53. The van der Waals surface area contributed by atoms with Gasteiger partial charge in [-0.2, -0.15) is 13.2 Å². The number of ether oxygens (including phenoxy) is 1. The van der Waals surface area contributed by atoms with Crippen molar-refractivity contribution in [3.8, 4) is 0 Å². The first-order chi connectivity index (χ1) is 15.8. The van der Waals surface area contributed by atoms with E-state index in [0.717, 1.165) is 17.4 Å². The van der Waals surface area contributed by atoms with E-state index >= 15 is 0 Å². The number of allylic oxidation sites excluding steroid dienone is 1. The van der Waals surface area contributed by atoms with E-state index < -0.39 is 46.4 Å². The van der Waals surface area contributed by atoms with Gasteiger partial charge in [0.15, 0.2) is 5.78 Å². The Balaban J connectivity index is 1.84. The van der Waals surface area contributed by atoms with Crippen LogP contribution in [0.5, 0.6) is 0 Å². The lowest BCUT2D eigenvalue weighted by atomic mass is 9.72. The summed E-state index contributed by atoms with van der Waals surface area (Å²) in [6.07, 6.45) is -4.57. The summed E-state index contributed by atoms with van der Waals surface area (Å²) < 4.78 is 49.9. The molecule has 2 heterocycles. The number of hydrogen-bond acceptors (Lipinski definition) is 4. The van der Waals surface area contributed by atoms with Crippen molar-refractivity contribution in [2.75, 3.05) is 13.2 Å². The number of nitrogens with one attached hydrogen (secondary N) is 1. The lowest BCUT2D eigenvalue weighted by Gasteiger charge is -2.35. The molecule has 1 aromatic carbocycles. The van der Waals surface area contributed by atoms with E-state index in [4.69, 9.17) is 27.9 Å². The Bertz CT molecular complexity index is 1100. The number of ketones is 1. The largest absolute Gasteiger partial charge is 0.425 e. The van der Waals surface area contributed by atoms with Crippen LogP contribution in [0.2, 0.25) is 10.0 Å². The minimum atomic E-state index is -5.29. The summed E-state index contributed by atoms with van der Waals surface area (Å²) in [7, 11) is 0. The van der Waals surface area contributed by atoms with Crippen molar-refractivity contribution >= 4 is 40.8 Å². The highest BCUT2D eigenvalue weighted by atomic mass is 35.5. The van der Waals surface area contributed by atoms with Gasteiger partial charge in [0.25, 0.3) is 11.8 Å². The van der Waals surface area contributed by atoms with E-state index in [-0.39, 0.29) is 40.7 Å². The third kappa shape index (κ3) is 4.12. The van der Waals surface area contributed by atoms with Gasteiger partial charge >= 0.3 is 6.18 Å². The van der Waals surface area contributed by atoms with Crippen LogP contribution < -0.4 is 5.32 Å². The number of nitrogens with zero attached hydrogens (tertiary/aromatic N) is 1. The normalized spacial score (nSPS) is 26.8. The lowest BCUT2D eigenvalue weighted by molar-refractivity contribution is -0.191. The summed E-state index contributed by atoms with van der Waals surface area (Å²) in [6.45, 7) is 3.82. The summed E-state index contributed by atoms with van der Waals surface area (Å²) in [5.74, 6) is -3.48. The lowest BCUT2D eigenvalue weighted by Crippen LogP contribution is -2.66. The summed E-state index contributed by atoms with van der Waals surface area (Å²) in [4.78, 5) is 40.7. The quantitative estimate of drug-likeness (QED) is 0.627. The SMILES string of the molecule is CC1(C)CC(=O)C2=C(C1)N(C[C@H]1CCCO1)C(=O)[C@]2(NC(=O)c1ccc(Cl)cc1Cl)C(F)(F)F. The molecular formula is C23H23Cl2F3N2O4. The van der Waals surface area contributed by atoms with Gasteiger partial charge in [-0.05, 0) is 42.9 Å². The second-order valence-electron chi connectivity index (χ2n) is 9.64. The van der Waals surface area contributed by atoms with Crippen LogP contribution in [-0.2, 0) is 14.3 Å². The Morgan fingerprint density at radius 1 is 1.24 bits per heavy atom. The second-order valence-corrected chi connectivity index (χ2v) is 10.5. The third-order valence-electron chi connectivity index (χ3n) is 6.43. The maximum Gasteiger partial charge on any atom is 0.425 e. The number of hydrogen-bond donors (Lipinski definition) is 1. The zero-order chi connectivity index (χ0) is 25.1. The van der Waals surface area contributed by atoms with Gasteiger partial charge < -0.3 is 15.0 Å². The molecule has 1 aliphatic carbocycles. The van der Waals surface area contributed by atoms with E-state index in [9.17, 15) is 27.6 Å². The molecule has 2 atom stereocenters. The Labute approximate surface area is 204 Å². The Kier molecular flexibility index (Phi) is 6.28. The monoisotopic (exact) mass is 518 g/mol. The van der Waals surface area contributed by atoms with E-state index in [0.29, 0.717) is 13.0 Å². The smallest absolute Gasteiger partial charge is 0.376 e. The number of alkyl halides is 3. The van der Waals surface area contributed by atoms with E-state index in [1.165, 1.54) is 12.1 Å². The maximum absolute atomic E-state index is 14.8. The number of halogens is 5. The van der Waals surface area contributed by atoms with Crippen molar-refractivity contribution in [1.29, 1.82) is 0 Å². The van der Waals surface area contributed by atoms with Gasteiger partial charge in [-0.1, -0.05) is 37.0 Å². The van der Waals surface area contributed by atoms with Crippen molar-refractivity contribution in [3.63, 3.8) is 0 Å². The minimum Gasteiger partial charge on any atom is -0.376 e. The molecule has 34 heavy (non-hydrogen) atoms. The number of benzene rings is 1. The molecule has 2 amide bonds. The summed E-state index contributed by atoms with van der Waals surface area (Å²) in [6, 6.07) is 3.66. The molecule has 0 radical (unpaired) electrons. The number of carbonyl (C=O) groups is 3. The summed E-state index contributed by atoms with van der Waals surface area (Å²) in [5, 5.41) is 1.86. The highest BCUT2D eigenvalue weighted by Gasteiger charge is 2.71. The maximum atomic E-state index is 14.8. The van der Waals surface area contributed by atoms with Crippen molar-refractivity contribution in [2.24, 2.45) is 5.41 Å². The molecule has 1 saturated heterocycles. The van der Waals surface area contributed by atoms with Gasteiger partial charge in [-0.25, -0.2) is 0 Å². The van der Waals surface area contributed by atoms with Crippen LogP contribution >= 0.6 is 23.2 Å². The average Bonchev–Trinajstić information content (AvgIpc) is 3.28. The Morgan fingerprint density at radius 2 is 1.94 bits per heavy atom. The predicted octanol–water partition coefficient (Wildman–Crippen LogP) is 4.69. The first kappa shape index (κ1) is 25.0. The molecule has 3 aliphatic rings. The number of carbonyl (C=O) groups excluding carboxylic acids is 3. The zero-order valence-corrected chi connectivity index (χ0v) is 20.0. The molecule has 0 bridgehead atoms. The average molecular weight is 519 g/mol. The van der Waals surface area contributed by atoms with Gasteiger partial charge in [0.2, 0.25) is 5.54 Å². The number of Topliss-reactive ketones (excluding diaryl/α,β-unsaturated/α-hetero) is 1. The highest BCUT2D eigenvalue weighted by molar-refractivity contribution is 6.36. The standard InChI is InChI=1S/C23H23Cl2F3N2O4/c1-21(2)9-16-18(17(31)10-21)22(23(26,27)28,20(33)30(16)11-13-4-3-7-34-13)29-19(32)14-6-5-12(24)8-15(14)25/h5-6,8,13H,3-4,7,9-11H2,1-2H3,(H,29,32)/t13-,22+/m1/s1. The predicted molar refractivity (Wildman–Crippen MR) is 118 cm³/mol. The molecule has 2 aliphatic heterocycles. The molecule has 0 spiro atoms. The van der Waals surface area contributed by atoms with Crippen molar-refractivity contribution in [2.45, 2.75) is 57.3 Å². The third-order valence-corrected chi connectivity index (χ3v) is 6.98. The first-order valence-electron chi connectivity index (χ1n) is 10.8. The van der Waals surface area contributed by atoms with Crippen molar-refractivity contribution < 1.29 is 32.3 Å². The van der Waals surface area contributed by atoms with Crippen LogP contribution in [0.4, 0.5) is 13.2 Å². The first-order valence-corrected chi connectivity index (χ1v) is 11.6. The van der Waals surface area contributed by atoms with Gasteiger partial charge in [-0.15, -0.1) is 0 Å². The number of amides is 2. The molecule has 6 nitrogen and oxygen atoms in total. The Morgan fingerprint density at radius 3 is 2.53 bits per heavy atom. The fraction of sp³-hybridized carbons (Fsp3) is 0.522. The van der Waals surface area contributed by atoms with Crippen LogP contribution in [0.1, 0.15) is 49.9 Å². The van der Waals surface area contributed by atoms with Gasteiger partial charge in [0.1, 0.15) is 0 Å². The van der Waals surface area contributed by atoms with Crippen LogP contribution in [0.15, 0.2) is 29.5 Å². The van der Waals surface area contributed by atoms with E-state index in [2.05, 4.69) is 0 Å². The van der Waals surface area contributed by atoms with Crippen LogP contribution in [0, 0.1) is 5.41 Å². The highest BCUT2D eigenvalue weighted by Crippen LogP contribution is 2.52. The molecule has 1 fully saturated rings. The van der Waals surface area contributed by atoms with Crippen LogP contribution in [0.25, 0.3) is 0 Å². The minimum absolute atomic E-state index is 0.0124. The molecule has 0 saturated carbocycles. The summed E-state index contributed by atoms with van der Waals surface area (Å²) in [5.41, 5.74) is -5.21. The molecule has 0 aromatic heterocycles. The van der Waals surface area contributed by atoms with Gasteiger partial charge in [0, 0.05) is 23.7 Å². The molecule has 11 heteroatoms. The topological polar surface area (TPSA) is 75.7 Å². The summed E-state index contributed by atoms with van der Waals surface area (Å²) >= 11 is 11.9. The Hall–Kier alpha value is -2.10. The molecule has 0 unspecified atom stereocenters. The van der Waals surface area contributed by atoms with Gasteiger partial charge in [0.05, 0.1) is 28.8 Å². The number of rotatable bonds is 4. The molecule has 1 N–H and O–H groups in total. The van der Waals surface area contributed by atoms with Crippen molar-refractivity contribution in [1.82, 2.24) is 10.2 Å². The fourth-order valence-corrected chi connectivity index (χ4v) is 5.42. The van der Waals surface area contributed by atoms with E-state index in [1.807, 2.05) is 5.32 Å². The fourth-order valence-electron chi connectivity index (χ4n) is 4.92. The molecule has 1 aromatic rings. The van der Waals surface area contributed by atoms with Crippen LogP contribution in [-0.4, -0.2) is 53.5 Å². The molecule has 4 rings (SSSR count). The zero-order valence-electron chi connectivity index (χ0n) is 18.5. The van der Waals surface area contributed by atoms with Crippen molar-refractivity contribution in [3.05, 3.63) is 45.1 Å². The molecular weight excluding hydrogens is 496 g/mol. The van der Waals surface area contributed by atoms with E-state index in [1.54, 1.807) is 13.8 Å².